The number of Topliss-reactive ketones (excluding diaryl/α,β-unsaturated/α-hetero) is 1. The number of anilines is 1. The van der Waals surface area contributed by atoms with Gasteiger partial charge in [0, 0.05) is 23.9 Å². The zero-order chi connectivity index (χ0) is 23.1. The maximum absolute atomic E-state index is 12.4. The van der Waals surface area contributed by atoms with Gasteiger partial charge in [0.25, 0.3) is 0 Å². The second-order valence-corrected chi connectivity index (χ2v) is 6.95. The predicted octanol–water partition coefficient (Wildman–Crippen LogP) is 5.51. The van der Waals surface area contributed by atoms with E-state index in [2.05, 4.69) is 5.32 Å². The topological polar surface area (TPSA) is 108 Å². The first kappa shape index (κ1) is 22.8. The first-order chi connectivity index (χ1) is 15.4. The number of nitro benzene ring substituents is 1. The Morgan fingerprint density at radius 1 is 1.03 bits per heavy atom. The van der Waals surface area contributed by atoms with Crippen LogP contribution in [0.15, 0.2) is 66.7 Å². The first-order valence-electron chi connectivity index (χ1n) is 9.64. The number of carbonyl (C=O) groups is 2. The molecule has 0 atom stereocenters. The summed E-state index contributed by atoms with van der Waals surface area (Å²) in [6.45, 7) is 2.10. The highest BCUT2D eigenvalue weighted by Crippen LogP contribution is 2.37. The summed E-state index contributed by atoms with van der Waals surface area (Å²) in [6.07, 6.45) is 0. The smallest absolute Gasteiger partial charge is 0.340 e. The molecule has 3 rings (SSSR count). The molecule has 0 radical (unpaired) electrons. The van der Waals surface area contributed by atoms with E-state index >= 15 is 0 Å². The van der Waals surface area contributed by atoms with Crippen molar-refractivity contribution in [2.75, 3.05) is 18.5 Å². The molecule has 8 nitrogen and oxygen atoms in total. The Kier molecular flexibility index (Phi) is 7.41. The molecule has 3 aromatic carbocycles. The molecule has 0 amide bonds. The lowest BCUT2D eigenvalue weighted by molar-refractivity contribution is -0.385. The number of esters is 1. The van der Waals surface area contributed by atoms with E-state index < -0.39 is 23.3 Å². The zero-order valence-corrected chi connectivity index (χ0v) is 17.8. The molecular formula is C23H19ClN2O6. The van der Waals surface area contributed by atoms with Crippen molar-refractivity contribution < 1.29 is 24.0 Å². The Hall–Kier alpha value is -3.91. The molecule has 9 heteroatoms. The maximum atomic E-state index is 12.4. The standard InChI is InChI=1S/C23H19ClN2O6/c1-2-25-19-8-4-3-6-17(19)23(28)31-14-21(27)15-10-12-16(13-11-15)32-22-18(24)7-5-9-20(22)26(29)30/h3-13,25H,2,14H2,1H3. The Bertz CT molecular complexity index is 1150. The highest BCUT2D eigenvalue weighted by molar-refractivity contribution is 6.32. The van der Waals surface area contributed by atoms with Gasteiger partial charge in [-0.1, -0.05) is 29.8 Å². The number of carbonyl (C=O) groups excluding carboxylic acids is 2. The third-order valence-electron chi connectivity index (χ3n) is 4.39. The third kappa shape index (κ3) is 5.41. The van der Waals surface area contributed by atoms with Gasteiger partial charge >= 0.3 is 11.7 Å². The Labute approximate surface area is 188 Å². The summed E-state index contributed by atoms with van der Waals surface area (Å²) in [6, 6.07) is 17.0. The summed E-state index contributed by atoms with van der Waals surface area (Å²) in [5, 5.41) is 14.3. The lowest BCUT2D eigenvalue weighted by Gasteiger charge is -2.10. The van der Waals surface area contributed by atoms with E-state index in [4.69, 9.17) is 21.1 Å². The van der Waals surface area contributed by atoms with E-state index in [0.29, 0.717) is 23.4 Å². The molecule has 0 unspecified atom stereocenters. The van der Waals surface area contributed by atoms with Crippen LogP contribution in [0.3, 0.4) is 0 Å². The van der Waals surface area contributed by atoms with Gasteiger partial charge in [-0.15, -0.1) is 0 Å². The summed E-state index contributed by atoms with van der Waals surface area (Å²) in [7, 11) is 0. The van der Waals surface area contributed by atoms with Gasteiger partial charge in [-0.05, 0) is 49.4 Å². The molecular weight excluding hydrogens is 436 g/mol. The second-order valence-electron chi connectivity index (χ2n) is 6.55. The quantitative estimate of drug-likeness (QED) is 0.196. The molecule has 0 aromatic heterocycles. The van der Waals surface area contributed by atoms with E-state index in [1.54, 1.807) is 24.3 Å². The number of ketones is 1. The summed E-state index contributed by atoms with van der Waals surface area (Å²) in [5.41, 5.74) is 0.982. The number of nitro groups is 1. The number of ether oxygens (including phenoxy) is 2. The molecule has 0 aliphatic rings. The van der Waals surface area contributed by atoms with Gasteiger partial charge in [0.15, 0.2) is 12.4 Å². The normalized spacial score (nSPS) is 10.3. The first-order valence-corrected chi connectivity index (χ1v) is 10.0. The molecule has 0 aliphatic carbocycles. The Morgan fingerprint density at radius 3 is 2.44 bits per heavy atom. The highest BCUT2D eigenvalue weighted by atomic mass is 35.5. The SMILES string of the molecule is CCNc1ccccc1C(=O)OCC(=O)c1ccc(Oc2c(Cl)cccc2[N+](=O)[O-])cc1. The number of halogens is 1. The fourth-order valence-electron chi connectivity index (χ4n) is 2.87. The fourth-order valence-corrected chi connectivity index (χ4v) is 3.08. The van der Waals surface area contributed by atoms with Crippen LogP contribution < -0.4 is 10.1 Å². The van der Waals surface area contributed by atoms with Crippen molar-refractivity contribution in [2.24, 2.45) is 0 Å². The molecule has 3 aromatic rings. The van der Waals surface area contributed by atoms with Crippen molar-refractivity contribution in [1.82, 2.24) is 0 Å². The lowest BCUT2D eigenvalue weighted by Crippen LogP contribution is -2.15. The number of hydrogen-bond acceptors (Lipinski definition) is 7. The van der Waals surface area contributed by atoms with Crippen molar-refractivity contribution in [3.63, 3.8) is 0 Å². The molecule has 0 bridgehead atoms. The van der Waals surface area contributed by atoms with Gasteiger partial charge in [0.1, 0.15) is 5.75 Å². The molecule has 1 N–H and O–H groups in total. The number of nitrogens with one attached hydrogen (secondary N) is 1. The van der Waals surface area contributed by atoms with Crippen LogP contribution >= 0.6 is 11.6 Å². The van der Waals surface area contributed by atoms with E-state index in [1.807, 2.05) is 6.92 Å². The molecule has 0 aliphatic heterocycles. The summed E-state index contributed by atoms with van der Waals surface area (Å²) < 4.78 is 10.7. The molecule has 0 fully saturated rings. The molecule has 0 spiro atoms. The van der Waals surface area contributed by atoms with Crippen molar-refractivity contribution >= 4 is 34.7 Å². The van der Waals surface area contributed by atoms with E-state index in [9.17, 15) is 19.7 Å². The van der Waals surface area contributed by atoms with Gasteiger partial charge in [-0.25, -0.2) is 4.79 Å². The van der Waals surface area contributed by atoms with Gasteiger partial charge in [-0.2, -0.15) is 0 Å². The highest BCUT2D eigenvalue weighted by Gasteiger charge is 2.19. The third-order valence-corrected chi connectivity index (χ3v) is 4.69. The molecule has 0 saturated heterocycles. The van der Waals surface area contributed by atoms with Crippen molar-refractivity contribution in [3.05, 3.63) is 93.0 Å². The molecule has 0 heterocycles. The molecule has 32 heavy (non-hydrogen) atoms. The lowest BCUT2D eigenvalue weighted by atomic mass is 10.1. The average molecular weight is 455 g/mol. The molecule has 164 valence electrons. The Morgan fingerprint density at radius 2 is 1.75 bits per heavy atom. The summed E-state index contributed by atoms with van der Waals surface area (Å²) in [4.78, 5) is 35.3. The number of hydrogen-bond donors (Lipinski definition) is 1. The number of benzene rings is 3. The maximum Gasteiger partial charge on any atom is 0.340 e. The number of nitrogens with zero attached hydrogens (tertiary/aromatic N) is 1. The van der Waals surface area contributed by atoms with Gasteiger partial charge < -0.3 is 14.8 Å². The van der Waals surface area contributed by atoms with Crippen LogP contribution in [-0.4, -0.2) is 29.8 Å². The van der Waals surface area contributed by atoms with Gasteiger partial charge in [0.2, 0.25) is 5.75 Å². The average Bonchev–Trinajstić information content (AvgIpc) is 2.79. The predicted molar refractivity (Wildman–Crippen MR) is 120 cm³/mol. The van der Waals surface area contributed by atoms with Crippen LogP contribution in [0.2, 0.25) is 5.02 Å². The minimum atomic E-state index is -0.610. The minimum Gasteiger partial charge on any atom is -0.454 e. The summed E-state index contributed by atoms with van der Waals surface area (Å²) >= 11 is 6.02. The van der Waals surface area contributed by atoms with E-state index in [0.717, 1.165) is 0 Å². The van der Waals surface area contributed by atoms with Crippen LogP contribution in [-0.2, 0) is 4.74 Å². The fraction of sp³-hybridized carbons (Fsp3) is 0.130. The van der Waals surface area contributed by atoms with Crippen molar-refractivity contribution in [2.45, 2.75) is 6.92 Å². The van der Waals surface area contributed by atoms with Crippen LogP contribution in [0.1, 0.15) is 27.6 Å². The van der Waals surface area contributed by atoms with Crippen LogP contribution in [0.25, 0.3) is 0 Å². The second kappa shape index (κ2) is 10.4. The number of para-hydroxylation sites is 2. The van der Waals surface area contributed by atoms with Crippen molar-refractivity contribution in [1.29, 1.82) is 0 Å². The van der Waals surface area contributed by atoms with Gasteiger partial charge in [-0.3, -0.25) is 14.9 Å². The van der Waals surface area contributed by atoms with Crippen molar-refractivity contribution in [3.8, 4) is 11.5 Å². The van der Waals surface area contributed by atoms with Gasteiger partial charge in [0.05, 0.1) is 15.5 Å². The number of rotatable bonds is 9. The van der Waals surface area contributed by atoms with E-state index in [1.165, 1.54) is 42.5 Å². The van der Waals surface area contributed by atoms with Crippen LogP contribution in [0.5, 0.6) is 11.5 Å². The summed E-state index contributed by atoms with van der Waals surface area (Å²) in [5.74, 6) is -0.851. The Balaban J connectivity index is 1.65. The van der Waals surface area contributed by atoms with Crippen LogP contribution in [0.4, 0.5) is 11.4 Å². The zero-order valence-electron chi connectivity index (χ0n) is 17.0. The minimum absolute atomic E-state index is 0.0871. The van der Waals surface area contributed by atoms with E-state index in [-0.39, 0.29) is 22.2 Å². The van der Waals surface area contributed by atoms with Crippen LogP contribution in [0, 0.1) is 10.1 Å². The monoisotopic (exact) mass is 454 g/mol. The molecule has 0 saturated carbocycles. The largest absolute Gasteiger partial charge is 0.454 e.